The van der Waals surface area contributed by atoms with Crippen LogP contribution in [0.2, 0.25) is 0 Å². The number of hydrogen-bond acceptors (Lipinski definition) is 4. The van der Waals surface area contributed by atoms with Crippen LogP contribution in [0.25, 0.3) is 0 Å². The van der Waals surface area contributed by atoms with E-state index in [1.54, 1.807) is 18.7 Å². The molecule has 0 amide bonds. The Morgan fingerprint density at radius 1 is 1.00 bits per heavy atom. The Kier molecular flexibility index (Phi) is 5.58. The third-order valence-electron chi connectivity index (χ3n) is 3.41. The standard InChI is InChI=1S/C15H22N2O4/c1-10(14(18)19)9-17(11(2)15(20)21)13-7-5-12(6-8-13)16(3)4/h5-8,10-11H,9H2,1-4H3,(H,18,19)(H,20,21). The first-order valence-corrected chi connectivity index (χ1v) is 6.73. The highest BCUT2D eigenvalue weighted by Crippen LogP contribution is 2.22. The fourth-order valence-corrected chi connectivity index (χ4v) is 1.94. The molecule has 0 saturated heterocycles. The maximum absolute atomic E-state index is 11.2. The van der Waals surface area contributed by atoms with Gasteiger partial charge >= 0.3 is 11.9 Å². The highest BCUT2D eigenvalue weighted by Gasteiger charge is 2.25. The predicted molar refractivity (Wildman–Crippen MR) is 82.0 cm³/mol. The van der Waals surface area contributed by atoms with Gasteiger partial charge in [0.25, 0.3) is 0 Å². The molecule has 2 unspecified atom stereocenters. The van der Waals surface area contributed by atoms with Crippen molar-refractivity contribution in [1.29, 1.82) is 0 Å². The fraction of sp³-hybridized carbons (Fsp3) is 0.467. The van der Waals surface area contributed by atoms with E-state index in [-0.39, 0.29) is 6.54 Å². The Morgan fingerprint density at radius 3 is 1.86 bits per heavy atom. The van der Waals surface area contributed by atoms with Gasteiger partial charge in [-0.3, -0.25) is 4.79 Å². The van der Waals surface area contributed by atoms with Crippen molar-refractivity contribution in [2.24, 2.45) is 5.92 Å². The van der Waals surface area contributed by atoms with Crippen LogP contribution in [-0.4, -0.2) is 48.8 Å². The molecule has 6 heteroatoms. The van der Waals surface area contributed by atoms with Gasteiger partial charge in [0, 0.05) is 32.0 Å². The molecule has 0 saturated carbocycles. The van der Waals surface area contributed by atoms with Crippen LogP contribution >= 0.6 is 0 Å². The van der Waals surface area contributed by atoms with Gasteiger partial charge in [-0.05, 0) is 31.2 Å². The van der Waals surface area contributed by atoms with E-state index in [0.29, 0.717) is 5.69 Å². The van der Waals surface area contributed by atoms with E-state index in [0.717, 1.165) is 5.69 Å². The second-order valence-corrected chi connectivity index (χ2v) is 5.32. The minimum Gasteiger partial charge on any atom is -0.481 e. The largest absolute Gasteiger partial charge is 0.481 e. The van der Waals surface area contributed by atoms with Gasteiger partial charge in [0.1, 0.15) is 6.04 Å². The Balaban J connectivity index is 3.05. The number of nitrogens with zero attached hydrogens (tertiary/aromatic N) is 2. The molecule has 0 radical (unpaired) electrons. The van der Waals surface area contributed by atoms with Crippen molar-refractivity contribution >= 4 is 23.3 Å². The number of hydrogen-bond donors (Lipinski definition) is 2. The van der Waals surface area contributed by atoms with Crippen LogP contribution in [-0.2, 0) is 9.59 Å². The molecular formula is C15H22N2O4. The van der Waals surface area contributed by atoms with E-state index in [1.807, 2.05) is 43.3 Å². The SMILES string of the molecule is CC(CN(c1ccc(N(C)C)cc1)C(C)C(=O)O)C(=O)O. The molecule has 0 aliphatic heterocycles. The smallest absolute Gasteiger partial charge is 0.326 e. The molecular weight excluding hydrogens is 272 g/mol. The van der Waals surface area contributed by atoms with Crippen molar-refractivity contribution in [3.05, 3.63) is 24.3 Å². The van der Waals surface area contributed by atoms with Gasteiger partial charge in [0.15, 0.2) is 0 Å². The molecule has 21 heavy (non-hydrogen) atoms. The summed E-state index contributed by atoms with van der Waals surface area (Å²) in [7, 11) is 3.83. The second kappa shape index (κ2) is 6.97. The molecule has 6 nitrogen and oxygen atoms in total. The Labute approximate surface area is 124 Å². The zero-order valence-electron chi connectivity index (χ0n) is 12.8. The van der Waals surface area contributed by atoms with Gasteiger partial charge in [-0.2, -0.15) is 0 Å². The van der Waals surface area contributed by atoms with E-state index < -0.39 is 23.9 Å². The molecule has 2 N–H and O–H groups in total. The average Bonchev–Trinajstić information content (AvgIpc) is 2.43. The van der Waals surface area contributed by atoms with Gasteiger partial charge in [-0.15, -0.1) is 0 Å². The number of carboxylic acids is 2. The highest BCUT2D eigenvalue weighted by molar-refractivity contribution is 5.79. The van der Waals surface area contributed by atoms with E-state index in [9.17, 15) is 14.7 Å². The summed E-state index contributed by atoms with van der Waals surface area (Å²) < 4.78 is 0. The molecule has 0 bridgehead atoms. The predicted octanol–water partition coefficient (Wildman–Crippen LogP) is 1.75. The first kappa shape index (κ1) is 16.8. The van der Waals surface area contributed by atoms with Crippen molar-refractivity contribution in [3.63, 3.8) is 0 Å². The van der Waals surface area contributed by atoms with Crippen molar-refractivity contribution in [3.8, 4) is 0 Å². The molecule has 0 aromatic heterocycles. The first-order chi connectivity index (χ1) is 9.73. The summed E-state index contributed by atoms with van der Waals surface area (Å²) in [5, 5.41) is 18.2. The Hall–Kier alpha value is -2.24. The molecule has 0 aliphatic carbocycles. The monoisotopic (exact) mass is 294 g/mol. The minimum atomic E-state index is -0.982. The van der Waals surface area contributed by atoms with Crippen molar-refractivity contribution in [2.75, 3.05) is 30.4 Å². The number of rotatable bonds is 7. The van der Waals surface area contributed by atoms with Gasteiger partial charge < -0.3 is 20.0 Å². The molecule has 116 valence electrons. The fourth-order valence-electron chi connectivity index (χ4n) is 1.94. The molecule has 0 spiro atoms. The first-order valence-electron chi connectivity index (χ1n) is 6.73. The number of carbonyl (C=O) groups is 2. The van der Waals surface area contributed by atoms with Crippen molar-refractivity contribution in [1.82, 2.24) is 0 Å². The molecule has 2 atom stereocenters. The molecule has 0 heterocycles. The summed E-state index contributed by atoms with van der Waals surface area (Å²) in [6, 6.07) is 6.58. The van der Waals surface area contributed by atoms with Crippen molar-refractivity contribution in [2.45, 2.75) is 19.9 Å². The van der Waals surface area contributed by atoms with E-state index in [2.05, 4.69) is 0 Å². The average molecular weight is 294 g/mol. The Morgan fingerprint density at radius 2 is 1.48 bits per heavy atom. The topological polar surface area (TPSA) is 81.1 Å². The lowest BCUT2D eigenvalue weighted by Crippen LogP contribution is -2.43. The van der Waals surface area contributed by atoms with Gasteiger partial charge in [0.05, 0.1) is 5.92 Å². The van der Waals surface area contributed by atoms with Crippen LogP contribution in [0.5, 0.6) is 0 Å². The quantitative estimate of drug-likeness (QED) is 0.797. The zero-order chi connectivity index (χ0) is 16.2. The molecule has 1 aromatic rings. The van der Waals surface area contributed by atoms with Crippen LogP contribution in [0, 0.1) is 5.92 Å². The molecule has 1 aromatic carbocycles. The third kappa shape index (κ3) is 4.37. The molecule has 0 aliphatic rings. The van der Waals surface area contributed by atoms with Crippen LogP contribution in [0.3, 0.4) is 0 Å². The van der Waals surface area contributed by atoms with Crippen LogP contribution in [0.4, 0.5) is 11.4 Å². The van der Waals surface area contributed by atoms with Gasteiger partial charge in [0.2, 0.25) is 0 Å². The summed E-state index contributed by atoms with van der Waals surface area (Å²) in [5.41, 5.74) is 1.69. The van der Waals surface area contributed by atoms with E-state index in [1.165, 1.54) is 0 Å². The van der Waals surface area contributed by atoms with Crippen LogP contribution < -0.4 is 9.80 Å². The maximum Gasteiger partial charge on any atom is 0.326 e. The summed E-state index contributed by atoms with van der Waals surface area (Å²) in [5.74, 6) is -2.58. The number of anilines is 2. The molecule has 0 fully saturated rings. The van der Waals surface area contributed by atoms with Gasteiger partial charge in [-0.25, -0.2) is 4.79 Å². The Bertz CT molecular complexity index is 499. The summed E-state index contributed by atoms with van der Waals surface area (Å²) in [6.45, 7) is 3.26. The second-order valence-electron chi connectivity index (χ2n) is 5.32. The van der Waals surface area contributed by atoms with E-state index >= 15 is 0 Å². The maximum atomic E-state index is 11.2. The zero-order valence-corrected chi connectivity index (χ0v) is 12.8. The number of carboxylic acid groups (broad SMARTS) is 2. The summed E-state index contributed by atoms with van der Waals surface area (Å²) in [6.07, 6.45) is 0. The van der Waals surface area contributed by atoms with Gasteiger partial charge in [-0.1, -0.05) is 6.92 Å². The lowest BCUT2D eigenvalue weighted by molar-refractivity contribution is -0.142. The van der Waals surface area contributed by atoms with Crippen LogP contribution in [0.1, 0.15) is 13.8 Å². The van der Waals surface area contributed by atoms with Crippen LogP contribution in [0.15, 0.2) is 24.3 Å². The highest BCUT2D eigenvalue weighted by atomic mass is 16.4. The third-order valence-corrected chi connectivity index (χ3v) is 3.41. The lowest BCUT2D eigenvalue weighted by atomic mass is 10.1. The summed E-state index contributed by atoms with van der Waals surface area (Å²) >= 11 is 0. The normalized spacial score (nSPS) is 13.3. The minimum absolute atomic E-state index is 0.143. The number of aliphatic carboxylic acids is 2. The van der Waals surface area contributed by atoms with Crippen molar-refractivity contribution < 1.29 is 19.8 Å². The van der Waals surface area contributed by atoms with E-state index in [4.69, 9.17) is 5.11 Å². The lowest BCUT2D eigenvalue weighted by Gasteiger charge is -2.30. The molecule has 1 rings (SSSR count). The number of benzene rings is 1. The summed E-state index contributed by atoms with van der Waals surface area (Å²) in [4.78, 5) is 25.8.